The number of methoxy groups -OCH3 is 1. The number of nitrogens with two attached hydrogens (primary N) is 1. The molecular weight excluding hydrogens is 263 g/mol. The van der Waals surface area contributed by atoms with Gasteiger partial charge in [0.25, 0.3) is 5.91 Å². The smallest absolute Gasteiger partial charge is 0.257 e. The van der Waals surface area contributed by atoms with E-state index in [1.54, 1.807) is 4.90 Å². The molecule has 1 aromatic rings. The van der Waals surface area contributed by atoms with Gasteiger partial charge in [-0.25, -0.2) is 4.39 Å². The minimum Gasteiger partial charge on any atom is -0.496 e. The van der Waals surface area contributed by atoms with Crippen molar-refractivity contribution in [2.24, 2.45) is 0 Å². The lowest BCUT2D eigenvalue weighted by atomic mass is 10.1. The van der Waals surface area contributed by atoms with Crippen molar-refractivity contribution in [2.75, 3.05) is 32.8 Å². The molecule has 0 aromatic heterocycles. The summed E-state index contributed by atoms with van der Waals surface area (Å²) in [6.07, 6.45) is 3.13. The monoisotopic (exact) mass is 282 g/mol. The summed E-state index contributed by atoms with van der Waals surface area (Å²) in [5.74, 6) is 0.406. The third-order valence-corrected chi connectivity index (χ3v) is 3.42. The Kier molecular flexibility index (Phi) is 4.65. The SMILES string of the molecule is COc1cc(N)c(OCF)cc1C(=O)N1CCCCC1. The molecule has 0 aliphatic carbocycles. The molecule has 2 rings (SSSR count). The predicted molar refractivity (Wildman–Crippen MR) is 73.8 cm³/mol. The normalized spacial score (nSPS) is 15.0. The summed E-state index contributed by atoms with van der Waals surface area (Å²) in [7, 11) is 1.47. The summed E-state index contributed by atoms with van der Waals surface area (Å²) < 4.78 is 22.3. The highest BCUT2D eigenvalue weighted by atomic mass is 19.1. The molecule has 0 bridgehead atoms. The summed E-state index contributed by atoms with van der Waals surface area (Å²) in [6.45, 7) is 0.463. The van der Waals surface area contributed by atoms with E-state index < -0.39 is 6.86 Å². The zero-order chi connectivity index (χ0) is 14.5. The highest BCUT2D eigenvalue weighted by molar-refractivity contribution is 5.98. The Morgan fingerprint density at radius 3 is 2.60 bits per heavy atom. The van der Waals surface area contributed by atoms with Crippen LogP contribution in [0.1, 0.15) is 29.6 Å². The fraction of sp³-hybridized carbons (Fsp3) is 0.500. The van der Waals surface area contributed by atoms with E-state index in [1.807, 2.05) is 0 Å². The lowest BCUT2D eigenvalue weighted by molar-refractivity contribution is 0.0720. The topological polar surface area (TPSA) is 64.8 Å². The Labute approximate surface area is 117 Å². The van der Waals surface area contributed by atoms with E-state index in [2.05, 4.69) is 0 Å². The Bertz CT molecular complexity index is 488. The van der Waals surface area contributed by atoms with Crippen molar-refractivity contribution in [3.05, 3.63) is 17.7 Å². The van der Waals surface area contributed by atoms with Crippen LogP contribution in [0.4, 0.5) is 10.1 Å². The number of alkyl halides is 1. The minimum absolute atomic E-state index is 0.134. The molecule has 0 radical (unpaired) electrons. The molecule has 1 heterocycles. The number of hydrogen-bond donors (Lipinski definition) is 1. The number of rotatable bonds is 4. The Morgan fingerprint density at radius 1 is 1.30 bits per heavy atom. The average Bonchev–Trinajstić information content (AvgIpc) is 2.49. The highest BCUT2D eigenvalue weighted by Gasteiger charge is 2.23. The fourth-order valence-electron chi connectivity index (χ4n) is 2.36. The van der Waals surface area contributed by atoms with E-state index in [0.717, 1.165) is 32.4 Å². The van der Waals surface area contributed by atoms with Crippen molar-refractivity contribution < 1.29 is 18.7 Å². The lowest BCUT2D eigenvalue weighted by Gasteiger charge is -2.27. The van der Waals surface area contributed by atoms with Gasteiger partial charge in [0.15, 0.2) is 0 Å². The number of piperidine rings is 1. The molecule has 0 unspecified atom stereocenters. The van der Waals surface area contributed by atoms with Crippen LogP contribution in [0.2, 0.25) is 0 Å². The quantitative estimate of drug-likeness (QED) is 0.860. The van der Waals surface area contributed by atoms with Crippen LogP contribution in [0.5, 0.6) is 11.5 Å². The first-order valence-electron chi connectivity index (χ1n) is 6.63. The number of benzene rings is 1. The van der Waals surface area contributed by atoms with Gasteiger partial charge < -0.3 is 20.1 Å². The minimum atomic E-state index is -0.992. The molecule has 1 saturated heterocycles. The molecule has 1 amide bonds. The van der Waals surface area contributed by atoms with Gasteiger partial charge in [-0.2, -0.15) is 0 Å². The van der Waals surface area contributed by atoms with Crippen molar-refractivity contribution in [2.45, 2.75) is 19.3 Å². The summed E-state index contributed by atoms with van der Waals surface area (Å²) in [6, 6.07) is 2.94. The molecule has 110 valence electrons. The van der Waals surface area contributed by atoms with Gasteiger partial charge in [-0.05, 0) is 25.3 Å². The summed E-state index contributed by atoms with van der Waals surface area (Å²) in [5.41, 5.74) is 6.33. The molecule has 0 atom stereocenters. The number of halogens is 1. The second-order valence-corrected chi connectivity index (χ2v) is 4.70. The maximum atomic E-state index is 12.5. The molecule has 1 aromatic carbocycles. The fourth-order valence-corrected chi connectivity index (χ4v) is 2.36. The standard InChI is InChI=1S/C14H19FN2O3/c1-19-12-8-11(16)13(20-9-15)7-10(12)14(18)17-5-3-2-4-6-17/h7-8H,2-6,9,16H2,1H3. The van der Waals surface area contributed by atoms with Crippen molar-refractivity contribution >= 4 is 11.6 Å². The zero-order valence-electron chi connectivity index (χ0n) is 11.5. The number of anilines is 1. The largest absolute Gasteiger partial charge is 0.496 e. The van der Waals surface area contributed by atoms with Crippen molar-refractivity contribution in [1.82, 2.24) is 4.90 Å². The van der Waals surface area contributed by atoms with E-state index in [4.69, 9.17) is 15.2 Å². The first kappa shape index (κ1) is 14.4. The molecule has 2 N–H and O–H groups in total. The molecule has 1 fully saturated rings. The summed E-state index contributed by atoms with van der Waals surface area (Å²) >= 11 is 0. The highest BCUT2D eigenvalue weighted by Crippen LogP contribution is 2.32. The molecule has 0 saturated carbocycles. The predicted octanol–water partition coefficient (Wildman–Crippen LogP) is 2.21. The van der Waals surface area contributed by atoms with E-state index in [9.17, 15) is 9.18 Å². The van der Waals surface area contributed by atoms with Gasteiger partial charge in [0.1, 0.15) is 11.5 Å². The molecule has 1 aliphatic heterocycles. The van der Waals surface area contributed by atoms with Crippen molar-refractivity contribution in [3.63, 3.8) is 0 Å². The van der Waals surface area contributed by atoms with Crippen LogP contribution in [-0.4, -0.2) is 37.9 Å². The van der Waals surface area contributed by atoms with Gasteiger partial charge in [-0.3, -0.25) is 4.79 Å². The Balaban J connectivity index is 2.32. The number of ether oxygens (including phenoxy) is 2. The Hall–Kier alpha value is -1.98. The molecule has 5 nitrogen and oxygen atoms in total. The van der Waals surface area contributed by atoms with Gasteiger partial charge in [0, 0.05) is 19.2 Å². The Morgan fingerprint density at radius 2 is 2.00 bits per heavy atom. The number of amides is 1. The van der Waals surface area contributed by atoms with Crippen LogP contribution in [0.25, 0.3) is 0 Å². The molecule has 6 heteroatoms. The average molecular weight is 282 g/mol. The second-order valence-electron chi connectivity index (χ2n) is 4.70. The number of carbonyl (C=O) groups is 1. The first-order chi connectivity index (χ1) is 9.67. The number of nitrogen functional groups attached to an aromatic ring is 1. The number of likely N-dealkylation sites (tertiary alicyclic amines) is 1. The third-order valence-electron chi connectivity index (χ3n) is 3.42. The molecule has 20 heavy (non-hydrogen) atoms. The number of carbonyl (C=O) groups excluding carboxylic acids is 1. The van der Waals surface area contributed by atoms with Gasteiger partial charge in [-0.15, -0.1) is 0 Å². The maximum Gasteiger partial charge on any atom is 0.257 e. The van der Waals surface area contributed by atoms with Crippen LogP contribution in [0.15, 0.2) is 12.1 Å². The number of nitrogens with zero attached hydrogens (tertiary/aromatic N) is 1. The molecular formula is C14H19FN2O3. The first-order valence-corrected chi connectivity index (χ1v) is 6.63. The van der Waals surface area contributed by atoms with Crippen LogP contribution < -0.4 is 15.2 Å². The van der Waals surface area contributed by atoms with E-state index >= 15 is 0 Å². The van der Waals surface area contributed by atoms with E-state index in [1.165, 1.54) is 19.2 Å². The van der Waals surface area contributed by atoms with Crippen molar-refractivity contribution in [1.29, 1.82) is 0 Å². The van der Waals surface area contributed by atoms with Gasteiger partial charge in [-0.1, -0.05) is 0 Å². The zero-order valence-corrected chi connectivity index (χ0v) is 11.5. The summed E-state index contributed by atoms with van der Waals surface area (Å²) in [5, 5.41) is 0. The van der Waals surface area contributed by atoms with Crippen LogP contribution in [-0.2, 0) is 0 Å². The molecule has 1 aliphatic rings. The second kappa shape index (κ2) is 6.45. The van der Waals surface area contributed by atoms with Crippen LogP contribution >= 0.6 is 0 Å². The number of hydrogen-bond acceptors (Lipinski definition) is 4. The molecule has 0 spiro atoms. The lowest BCUT2D eigenvalue weighted by Crippen LogP contribution is -2.35. The van der Waals surface area contributed by atoms with Gasteiger partial charge in [0.2, 0.25) is 6.86 Å². The van der Waals surface area contributed by atoms with E-state index in [0.29, 0.717) is 11.3 Å². The van der Waals surface area contributed by atoms with Gasteiger partial charge >= 0.3 is 0 Å². The van der Waals surface area contributed by atoms with E-state index in [-0.39, 0.29) is 17.3 Å². The van der Waals surface area contributed by atoms with Crippen LogP contribution in [0.3, 0.4) is 0 Å². The van der Waals surface area contributed by atoms with Gasteiger partial charge in [0.05, 0.1) is 18.4 Å². The summed E-state index contributed by atoms with van der Waals surface area (Å²) in [4.78, 5) is 14.3. The maximum absolute atomic E-state index is 12.5. The van der Waals surface area contributed by atoms with Crippen LogP contribution in [0, 0.1) is 0 Å². The van der Waals surface area contributed by atoms with Crippen molar-refractivity contribution in [3.8, 4) is 11.5 Å². The third kappa shape index (κ3) is 2.95.